The molecule has 6 N–H and O–H groups in total. The molecular weight excluding hydrogens is 821 g/mol. The molecule has 7 rings (SSSR count). The van der Waals surface area contributed by atoms with Crippen molar-refractivity contribution in [2.24, 2.45) is 17.6 Å². The number of aromatic nitrogens is 4. The summed E-state index contributed by atoms with van der Waals surface area (Å²) in [6.07, 6.45) is 19.1. The van der Waals surface area contributed by atoms with E-state index in [2.05, 4.69) is 96.1 Å². The van der Waals surface area contributed by atoms with Gasteiger partial charge in [0.25, 0.3) is 0 Å². The van der Waals surface area contributed by atoms with Crippen molar-refractivity contribution < 1.29 is 9.59 Å². The van der Waals surface area contributed by atoms with E-state index in [1.807, 2.05) is 55.2 Å². The van der Waals surface area contributed by atoms with Gasteiger partial charge < -0.3 is 21.3 Å². The van der Waals surface area contributed by atoms with E-state index in [9.17, 15) is 9.59 Å². The van der Waals surface area contributed by atoms with Crippen molar-refractivity contribution in [3.63, 3.8) is 0 Å². The van der Waals surface area contributed by atoms with Crippen LogP contribution in [0.25, 0.3) is 21.9 Å². The van der Waals surface area contributed by atoms with Crippen LogP contribution in [-0.4, -0.2) is 74.9 Å². The molecule has 1 aromatic carbocycles. The summed E-state index contributed by atoms with van der Waals surface area (Å²) in [6.45, 7) is 15.1. The van der Waals surface area contributed by atoms with Gasteiger partial charge in [-0.05, 0) is 148 Å². The van der Waals surface area contributed by atoms with Gasteiger partial charge in [0, 0.05) is 55.0 Å². The fraction of sp³-hybridized carbons (Fsp3) is 0.519. The molecule has 4 aromatic heterocycles. The predicted molar refractivity (Wildman–Crippen MR) is 265 cm³/mol. The zero-order valence-corrected chi connectivity index (χ0v) is 40.1. The van der Waals surface area contributed by atoms with E-state index < -0.39 is 6.04 Å². The van der Waals surface area contributed by atoms with Crippen LogP contribution in [0.3, 0.4) is 0 Å². The first-order chi connectivity index (χ1) is 32.1. The van der Waals surface area contributed by atoms with Gasteiger partial charge in [-0.25, -0.2) is 0 Å². The number of amides is 2. The third-order valence-corrected chi connectivity index (χ3v) is 13.2. The number of carbonyl (C=O) groups is 2. The summed E-state index contributed by atoms with van der Waals surface area (Å²) < 4.78 is 0. The number of unbranched alkanes of at least 4 members (excludes halogenated alkanes) is 1. The molecule has 0 saturated heterocycles. The number of carbonyl (C=O) groups excluding carboxylic acids is 2. The SMILES string of the molecule is CC(C)CN(CCCC(N[C@@H]1CCCc2c(-c3ccnc(CNC(=O)C(CCCCN)NC4CCCc5cccnc54)c3)ccnc21)C(=O)NC(C)c1cncc2ccccc12)CC(C)C. The minimum atomic E-state index is -0.411. The Morgan fingerprint density at radius 2 is 1.47 bits per heavy atom. The highest BCUT2D eigenvalue weighted by atomic mass is 16.2. The molecule has 0 radical (unpaired) electrons. The van der Waals surface area contributed by atoms with Gasteiger partial charge in [-0.2, -0.15) is 0 Å². The molecular formula is C54H74N10O2. The lowest BCUT2D eigenvalue weighted by atomic mass is 9.86. The highest BCUT2D eigenvalue weighted by Gasteiger charge is 2.31. The van der Waals surface area contributed by atoms with E-state index in [1.165, 1.54) is 11.1 Å². The Hall–Kier alpha value is -5.14. The minimum Gasteiger partial charge on any atom is -0.349 e. The van der Waals surface area contributed by atoms with Gasteiger partial charge in [-0.15, -0.1) is 0 Å². The van der Waals surface area contributed by atoms with Crippen molar-refractivity contribution in [2.75, 3.05) is 26.2 Å². The van der Waals surface area contributed by atoms with Gasteiger partial charge in [-0.1, -0.05) is 64.4 Å². The molecule has 12 nitrogen and oxygen atoms in total. The lowest BCUT2D eigenvalue weighted by molar-refractivity contribution is -0.124. The largest absolute Gasteiger partial charge is 0.349 e. The van der Waals surface area contributed by atoms with Crippen LogP contribution < -0.4 is 27.0 Å². The van der Waals surface area contributed by atoms with Gasteiger partial charge in [-0.3, -0.25) is 40.2 Å². The molecule has 5 atom stereocenters. The Labute approximate surface area is 393 Å². The van der Waals surface area contributed by atoms with Crippen LogP contribution in [0.15, 0.2) is 85.6 Å². The standard InChI is InChI=1S/C54H74N10O2/c1-36(2)34-64(35-37(3)4)29-13-22-50(54(66)61-38(5)46-33-56-31-41-14-6-7-17-43(41)46)63-48-21-11-18-45-44(24-28-59-52(45)48)40-23-27-57-42(30-40)32-60-53(65)49(19-8-9-25-55)62-47-20-10-15-39-16-12-26-58-51(39)47/h6-7,12,14,16-17,23-24,26-28,30-31,33,36-38,47-50,62-63H,8-11,13,15,18-22,25,29,32,34-35,55H2,1-5H3,(H,60,65)(H,61,66)/t38?,47?,48-,49?,50?/m1/s1. The Balaban J connectivity index is 1.06. The number of nitrogens with zero attached hydrogens (tertiary/aromatic N) is 5. The van der Waals surface area contributed by atoms with Crippen molar-refractivity contribution in [1.29, 1.82) is 0 Å². The molecule has 2 aliphatic rings. The monoisotopic (exact) mass is 895 g/mol. The number of rotatable bonds is 23. The van der Waals surface area contributed by atoms with E-state index in [0.29, 0.717) is 37.8 Å². The Morgan fingerprint density at radius 3 is 2.26 bits per heavy atom. The molecule has 0 saturated carbocycles. The number of nitrogens with two attached hydrogens (primary N) is 1. The summed E-state index contributed by atoms with van der Waals surface area (Å²) >= 11 is 0. The predicted octanol–water partition coefficient (Wildman–Crippen LogP) is 8.48. The molecule has 4 unspecified atom stereocenters. The first kappa shape index (κ1) is 48.8. The molecule has 0 spiro atoms. The third kappa shape index (κ3) is 13.1. The Morgan fingerprint density at radius 1 is 0.758 bits per heavy atom. The maximum absolute atomic E-state index is 14.5. The lowest BCUT2D eigenvalue weighted by Crippen LogP contribution is -2.47. The Bertz CT molecular complexity index is 2340. The van der Waals surface area contributed by atoms with Crippen molar-refractivity contribution in [1.82, 2.24) is 46.1 Å². The number of aryl methyl sites for hydroxylation is 1. The summed E-state index contributed by atoms with van der Waals surface area (Å²) in [6, 6.07) is 17.5. The number of hydrogen-bond acceptors (Lipinski definition) is 10. The van der Waals surface area contributed by atoms with E-state index in [1.54, 1.807) is 0 Å². The normalized spacial score (nSPS) is 17.3. The van der Waals surface area contributed by atoms with Crippen molar-refractivity contribution in [2.45, 2.75) is 142 Å². The molecule has 2 aliphatic carbocycles. The van der Waals surface area contributed by atoms with Crippen molar-refractivity contribution in [3.8, 4) is 11.1 Å². The second-order valence-corrected chi connectivity index (χ2v) is 19.5. The number of benzene rings is 1. The molecule has 352 valence electrons. The third-order valence-electron chi connectivity index (χ3n) is 13.2. The zero-order chi connectivity index (χ0) is 46.4. The highest BCUT2D eigenvalue weighted by molar-refractivity contribution is 5.87. The average Bonchev–Trinajstić information content (AvgIpc) is 3.32. The molecule has 0 aliphatic heterocycles. The van der Waals surface area contributed by atoms with E-state index in [0.717, 1.165) is 122 Å². The lowest BCUT2D eigenvalue weighted by Gasteiger charge is -2.32. The Kier molecular flexibility index (Phi) is 17.8. The van der Waals surface area contributed by atoms with Gasteiger partial charge in [0.15, 0.2) is 0 Å². The summed E-state index contributed by atoms with van der Waals surface area (Å²) in [4.78, 5) is 49.9. The quantitative estimate of drug-likeness (QED) is 0.0402. The second kappa shape index (κ2) is 24.1. The topological polar surface area (TPSA) is 163 Å². The van der Waals surface area contributed by atoms with Gasteiger partial charge in [0.1, 0.15) is 0 Å². The molecule has 0 fully saturated rings. The van der Waals surface area contributed by atoms with Crippen molar-refractivity contribution >= 4 is 22.6 Å². The number of nitrogens with one attached hydrogen (secondary N) is 4. The fourth-order valence-corrected chi connectivity index (χ4v) is 10.2. The minimum absolute atomic E-state index is 0.00385. The molecule has 5 aromatic rings. The smallest absolute Gasteiger partial charge is 0.237 e. The van der Waals surface area contributed by atoms with Crippen LogP contribution in [0.4, 0.5) is 0 Å². The molecule has 12 heteroatoms. The van der Waals surface area contributed by atoms with Crippen LogP contribution in [0.2, 0.25) is 0 Å². The fourth-order valence-electron chi connectivity index (χ4n) is 10.2. The first-order valence-electron chi connectivity index (χ1n) is 24.8. The zero-order valence-electron chi connectivity index (χ0n) is 40.1. The van der Waals surface area contributed by atoms with Crippen LogP contribution >= 0.6 is 0 Å². The summed E-state index contributed by atoms with van der Waals surface area (Å²) in [5.41, 5.74) is 14.3. The molecule has 66 heavy (non-hydrogen) atoms. The van der Waals surface area contributed by atoms with Crippen LogP contribution in [-0.2, 0) is 29.0 Å². The number of pyridine rings is 4. The van der Waals surface area contributed by atoms with Crippen molar-refractivity contribution in [3.05, 3.63) is 119 Å². The summed E-state index contributed by atoms with van der Waals surface area (Å²) in [7, 11) is 0. The van der Waals surface area contributed by atoms with Crippen LogP contribution in [0, 0.1) is 11.8 Å². The van der Waals surface area contributed by atoms with Gasteiger partial charge in [0.2, 0.25) is 11.8 Å². The van der Waals surface area contributed by atoms with E-state index in [4.69, 9.17) is 20.7 Å². The first-order valence-corrected chi connectivity index (χ1v) is 24.8. The number of fused-ring (bicyclic) bond motifs is 3. The summed E-state index contributed by atoms with van der Waals surface area (Å²) in [5, 5.41) is 16.3. The molecule has 0 bridgehead atoms. The summed E-state index contributed by atoms with van der Waals surface area (Å²) in [5.74, 6) is 1.10. The van der Waals surface area contributed by atoms with E-state index in [-0.39, 0.29) is 36.0 Å². The average molecular weight is 895 g/mol. The molecule has 2 amide bonds. The van der Waals surface area contributed by atoms with Crippen LogP contribution in [0.5, 0.6) is 0 Å². The van der Waals surface area contributed by atoms with Crippen LogP contribution in [0.1, 0.15) is 144 Å². The second-order valence-electron chi connectivity index (χ2n) is 19.5. The maximum atomic E-state index is 14.5. The van der Waals surface area contributed by atoms with E-state index >= 15 is 0 Å². The number of hydrogen-bond donors (Lipinski definition) is 5. The highest BCUT2D eigenvalue weighted by Crippen LogP contribution is 2.36. The maximum Gasteiger partial charge on any atom is 0.237 e. The van der Waals surface area contributed by atoms with Gasteiger partial charge in [0.05, 0.1) is 53.8 Å². The van der Waals surface area contributed by atoms with Gasteiger partial charge >= 0.3 is 0 Å². The molecule has 4 heterocycles.